The molecule has 1 rings (SSSR count). The molecule has 21 heavy (non-hydrogen) atoms. The average Bonchev–Trinajstić information content (AvgIpc) is 2.80. The van der Waals surface area contributed by atoms with E-state index in [1.807, 2.05) is 44.4 Å². The molecular weight excluding hydrogens is 266 g/mol. The summed E-state index contributed by atoms with van der Waals surface area (Å²) in [6.07, 6.45) is 1.93. The molecule has 2 atom stereocenters. The van der Waals surface area contributed by atoms with Crippen molar-refractivity contribution in [3.05, 3.63) is 0 Å². The lowest BCUT2D eigenvalue weighted by atomic mass is 9.86. The highest BCUT2D eigenvalue weighted by atomic mass is 16.2. The average molecular weight is 297 g/mol. The molecule has 2 N–H and O–H groups in total. The highest BCUT2D eigenvalue weighted by Gasteiger charge is 2.37. The van der Waals surface area contributed by atoms with E-state index < -0.39 is 6.04 Å². The first-order valence-corrected chi connectivity index (χ1v) is 7.89. The molecule has 1 aliphatic heterocycles. The van der Waals surface area contributed by atoms with Gasteiger partial charge in [0.25, 0.3) is 0 Å². The zero-order chi connectivity index (χ0) is 16.4. The molecule has 1 aliphatic rings. The highest BCUT2D eigenvalue weighted by molar-refractivity contribution is 5.83. The molecule has 0 aromatic rings. The Balaban J connectivity index is 2.80. The normalized spacial score (nSPS) is 20.8. The number of nitrogens with zero attached hydrogens (tertiary/aromatic N) is 2. The second kappa shape index (κ2) is 6.77. The van der Waals surface area contributed by atoms with Gasteiger partial charge in [-0.2, -0.15) is 0 Å². The van der Waals surface area contributed by atoms with Gasteiger partial charge in [0.15, 0.2) is 0 Å². The predicted molar refractivity (Wildman–Crippen MR) is 84.7 cm³/mol. The topological polar surface area (TPSA) is 66.6 Å². The Morgan fingerprint density at radius 3 is 2.33 bits per heavy atom. The van der Waals surface area contributed by atoms with E-state index in [9.17, 15) is 9.59 Å². The second-order valence-corrected chi connectivity index (χ2v) is 7.44. The van der Waals surface area contributed by atoms with Gasteiger partial charge in [-0.3, -0.25) is 9.59 Å². The van der Waals surface area contributed by atoms with Gasteiger partial charge in [0.05, 0.1) is 6.04 Å². The first-order chi connectivity index (χ1) is 9.55. The van der Waals surface area contributed by atoms with E-state index in [-0.39, 0.29) is 29.3 Å². The van der Waals surface area contributed by atoms with Crippen LogP contribution in [0.2, 0.25) is 0 Å². The molecule has 0 saturated carbocycles. The summed E-state index contributed by atoms with van der Waals surface area (Å²) in [5.41, 5.74) is 5.87. The maximum absolute atomic E-state index is 12.6. The number of carbonyl (C=O) groups is 2. The van der Waals surface area contributed by atoms with Crippen LogP contribution in [0.3, 0.4) is 0 Å². The Labute approximate surface area is 128 Å². The van der Waals surface area contributed by atoms with Gasteiger partial charge in [-0.25, -0.2) is 0 Å². The Hall–Kier alpha value is -1.10. The van der Waals surface area contributed by atoms with Crippen molar-refractivity contribution in [1.29, 1.82) is 0 Å². The molecule has 0 spiro atoms. The summed E-state index contributed by atoms with van der Waals surface area (Å²) < 4.78 is 0. The molecule has 0 aromatic carbocycles. The van der Waals surface area contributed by atoms with Crippen LogP contribution in [0.1, 0.15) is 54.4 Å². The van der Waals surface area contributed by atoms with Crippen molar-refractivity contribution in [2.45, 2.75) is 72.5 Å². The molecule has 1 heterocycles. The third-order valence-corrected chi connectivity index (χ3v) is 4.29. The second-order valence-electron chi connectivity index (χ2n) is 7.44. The van der Waals surface area contributed by atoms with Gasteiger partial charge in [0.2, 0.25) is 11.8 Å². The summed E-state index contributed by atoms with van der Waals surface area (Å²) in [5.74, 6) is 0.0710. The predicted octanol–water partition coefficient (Wildman–Crippen LogP) is 1.61. The summed E-state index contributed by atoms with van der Waals surface area (Å²) in [7, 11) is 0. The number of rotatable bonds is 4. The summed E-state index contributed by atoms with van der Waals surface area (Å²) >= 11 is 0. The Bertz CT molecular complexity index is 387. The van der Waals surface area contributed by atoms with E-state index in [2.05, 4.69) is 0 Å². The highest BCUT2D eigenvalue weighted by Crippen LogP contribution is 2.25. The molecule has 0 aliphatic carbocycles. The van der Waals surface area contributed by atoms with Crippen LogP contribution in [-0.4, -0.2) is 52.8 Å². The van der Waals surface area contributed by atoms with Gasteiger partial charge < -0.3 is 15.5 Å². The molecule has 1 fully saturated rings. The lowest BCUT2D eigenvalue weighted by molar-refractivity contribution is -0.139. The van der Waals surface area contributed by atoms with Crippen LogP contribution in [0.5, 0.6) is 0 Å². The van der Waals surface area contributed by atoms with Crippen LogP contribution in [0, 0.1) is 5.41 Å². The molecule has 0 aromatic heterocycles. The lowest BCUT2D eigenvalue weighted by Crippen LogP contribution is -2.54. The van der Waals surface area contributed by atoms with Crippen molar-refractivity contribution in [1.82, 2.24) is 9.80 Å². The molecule has 1 saturated heterocycles. The first kappa shape index (κ1) is 18.0. The van der Waals surface area contributed by atoms with Crippen LogP contribution in [0.15, 0.2) is 0 Å². The summed E-state index contributed by atoms with van der Waals surface area (Å²) in [5, 5.41) is 0. The maximum atomic E-state index is 12.6. The summed E-state index contributed by atoms with van der Waals surface area (Å²) in [4.78, 5) is 28.1. The Morgan fingerprint density at radius 1 is 1.33 bits per heavy atom. The number of hydrogen-bond donors (Lipinski definition) is 1. The molecule has 0 radical (unpaired) electrons. The molecule has 5 nitrogen and oxygen atoms in total. The van der Waals surface area contributed by atoms with Gasteiger partial charge in [-0.15, -0.1) is 0 Å². The fourth-order valence-electron chi connectivity index (χ4n) is 2.79. The minimum atomic E-state index is -0.497. The number of carbonyl (C=O) groups excluding carboxylic acids is 2. The number of amides is 2. The van der Waals surface area contributed by atoms with Crippen molar-refractivity contribution in [3.63, 3.8) is 0 Å². The van der Waals surface area contributed by atoms with Crippen molar-refractivity contribution >= 4 is 11.8 Å². The minimum Gasteiger partial charge on any atom is -0.338 e. The van der Waals surface area contributed by atoms with Crippen LogP contribution >= 0.6 is 0 Å². The molecular formula is C16H31N3O2. The Morgan fingerprint density at radius 2 is 1.90 bits per heavy atom. The summed E-state index contributed by atoms with van der Waals surface area (Å²) in [6, 6.07) is -0.253. The van der Waals surface area contributed by atoms with Gasteiger partial charge in [0, 0.05) is 32.1 Å². The zero-order valence-electron chi connectivity index (χ0n) is 14.3. The van der Waals surface area contributed by atoms with Crippen LogP contribution in [-0.2, 0) is 9.59 Å². The standard InChI is InChI=1S/C16H31N3O2/c1-11(2)19(12(3)20)10-13-8-7-9-18(13)15(21)14(17)16(4,5)6/h11,13-14H,7-10,17H2,1-6H3/t13-,14+/m0/s1. The van der Waals surface area contributed by atoms with E-state index in [0.717, 1.165) is 19.4 Å². The van der Waals surface area contributed by atoms with E-state index in [1.165, 1.54) is 0 Å². The Kier molecular flexibility index (Phi) is 5.79. The van der Waals surface area contributed by atoms with E-state index in [4.69, 9.17) is 5.73 Å². The van der Waals surface area contributed by atoms with Crippen molar-refractivity contribution in [2.24, 2.45) is 11.1 Å². The fraction of sp³-hybridized carbons (Fsp3) is 0.875. The molecule has 0 unspecified atom stereocenters. The third-order valence-electron chi connectivity index (χ3n) is 4.29. The molecule has 122 valence electrons. The van der Waals surface area contributed by atoms with E-state index >= 15 is 0 Å². The fourth-order valence-corrected chi connectivity index (χ4v) is 2.79. The van der Waals surface area contributed by atoms with Gasteiger partial charge in [0.1, 0.15) is 0 Å². The van der Waals surface area contributed by atoms with Crippen LogP contribution < -0.4 is 5.73 Å². The first-order valence-electron chi connectivity index (χ1n) is 7.89. The smallest absolute Gasteiger partial charge is 0.240 e. The van der Waals surface area contributed by atoms with Gasteiger partial charge >= 0.3 is 0 Å². The lowest BCUT2D eigenvalue weighted by Gasteiger charge is -2.36. The quantitative estimate of drug-likeness (QED) is 0.857. The van der Waals surface area contributed by atoms with E-state index in [0.29, 0.717) is 6.54 Å². The monoisotopic (exact) mass is 297 g/mol. The SMILES string of the molecule is CC(=O)N(C[C@@H]1CCCN1C(=O)[C@@H](N)C(C)(C)C)C(C)C. The molecule has 2 amide bonds. The molecule has 0 bridgehead atoms. The number of hydrogen-bond acceptors (Lipinski definition) is 3. The van der Waals surface area contributed by atoms with Crippen molar-refractivity contribution in [2.75, 3.05) is 13.1 Å². The van der Waals surface area contributed by atoms with Crippen LogP contribution in [0.25, 0.3) is 0 Å². The van der Waals surface area contributed by atoms with E-state index in [1.54, 1.807) is 6.92 Å². The minimum absolute atomic E-state index is 0.0114. The number of nitrogens with two attached hydrogens (primary N) is 1. The maximum Gasteiger partial charge on any atom is 0.240 e. The zero-order valence-corrected chi connectivity index (χ0v) is 14.3. The van der Waals surface area contributed by atoms with Crippen LogP contribution in [0.4, 0.5) is 0 Å². The van der Waals surface area contributed by atoms with Gasteiger partial charge in [-0.05, 0) is 32.1 Å². The summed E-state index contributed by atoms with van der Waals surface area (Å²) in [6.45, 7) is 12.9. The largest absolute Gasteiger partial charge is 0.338 e. The third kappa shape index (κ3) is 4.43. The number of likely N-dealkylation sites (tertiary alicyclic amines) is 1. The van der Waals surface area contributed by atoms with Crippen molar-refractivity contribution in [3.8, 4) is 0 Å². The molecule has 5 heteroatoms. The van der Waals surface area contributed by atoms with Gasteiger partial charge in [-0.1, -0.05) is 20.8 Å². The van der Waals surface area contributed by atoms with Crippen molar-refractivity contribution < 1.29 is 9.59 Å².